The third-order valence-corrected chi connectivity index (χ3v) is 6.63. The second-order valence-corrected chi connectivity index (χ2v) is 15.6. The molecule has 0 saturated heterocycles. The van der Waals surface area contributed by atoms with Gasteiger partial charge in [0.15, 0.2) is 0 Å². The van der Waals surface area contributed by atoms with E-state index in [4.69, 9.17) is 0 Å². The van der Waals surface area contributed by atoms with Gasteiger partial charge >= 0.3 is 63.5 Å². The summed E-state index contributed by atoms with van der Waals surface area (Å²) in [6.45, 7) is 7.80. The van der Waals surface area contributed by atoms with E-state index in [-0.39, 0.29) is 0 Å². The molecule has 0 radical (unpaired) electrons. The van der Waals surface area contributed by atoms with E-state index in [0.717, 1.165) is 0 Å². The van der Waals surface area contributed by atoms with E-state index in [1.165, 1.54) is 0 Å². The summed E-state index contributed by atoms with van der Waals surface area (Å²) in [5.74, 6) is 0. The zero-order valence-corrected chi connectivity index (χ0v) is 9.64. The standard InChI is InChI=1S/C7H19FP2/c1-9(2,3)7-10(4,5,6)8/h7H,1-6H3. The molecule has 0 aliphatic heterocycles. The molecule has 0 heterocycles. The Kier molecular flexibility index (Phi) is 2.48. The minimum atomic E-state index is -2.82. The van der Waals surface area contributed by atoms with Crippen LogP contribution in [-0.4, -0.2) is 45.5 Å². The molecule has 3 heteroatoms. The van der Waals surface area contributed by atoms with Gasteiger partial charge in [-0.15, -0.1) is 0 Å². The maximum absolute atomic E-state index is 13.7. The van der Waals surface area contributed by atoms with Gasteiger partial charge in [-0.05, 0) is 0 Å². The van der Waals surface area contributed by atoms with Crippen molar-refractivity contribution in [2.24, 2.45) is 0 Å². The van der Waals surface area contributed by atoms with Crippen LogP contribution in [0.3, 0.4) is 0 Å². The van der Waals surface area contributed by atoms with E-state index in [9.17, 15) is 4.20 Å². The summed E-state index contributed by atoms with van der Waals surface area (Å²) in [6.07, 6.45) is 0. The fourth-order valence-corrected chi connectivity index (χ4v) is 10.5. The molecule has 0 aromatic heterocycles. The van der Waals surface area contributed by atoms with Crippen LogP contribution in [0.5, 0.6) is 0 Å². The van der Waals surface area contributed by atoms with Crippen molar-refractivity contribution in [2.45, 2.75) is 0 Å². The van der Waals surface area contributed by atoms with Crippen LogP contribution in [0.15, 0.2) is 0 Å². The van der Waals surface area contributed by atoms with Crippen molar-refractivity contribution in [2.75, 3.05) is 40.0 Å². The first-order valence-electron chi connectivity index (χ1n) is 3.37. The first-order chi connectivity index (χ1) is 3.96. The van der Waals surface area contributed by atoms with Gasteiger partial charge in [0.25, 0.3) is 0 Å². The minimum absolute atomic E-state index is 1.04. The molecule has 0 aliphatic rings. The van der Waals surface area contributed by atoms with Crippen molar-refractivity contribution in [1.29, 1.82) is 0 Å². The van der Waals surface area contributed by atoms with Gasteiger partial charge in [-0.1, -0.05) is 0 Å². The Morgan fingerprint density at radius 2 is 1.40 bits per heavy atom. The van der Waals surface area contributed by atoms with Crippen LogP contribution in [-0.2, 0) is 0 Å². The fraction of sp³-hybridized carbons (Fsp3) is 0.857. The molecule has 0 atom stereocenters. The van der Waals surface area contributed by atoms with E-state index in [1.807, 2.05) is 5.54 Å². The fourth-order valence-electron chi connectivity index (χ4n) is 1.17. The normalized spacial score (nSPS) is 17.7. The van der Waals surface area contributed by atoms with Gasteiger partial charge in [-0.25, -0.2) is 0 Å². The maximum atomic E-state index is 13.7. The molecular weight excluding hydrogens is 165 g/mol. The zero-order valence-electron chi connectivity index (χ0n) is 7.85. The Labute approximate surface area is 64.2 Å². The van der Waals surface area contributed by atoms with E-state index >= 15 is 0 Å². The average molecular weight is 184 g/mol. The second-order valence-electron chi connectivity index (χ2n) is 4.95. The van der Waals surface area contributed by atoms with Gasteiger partial charge in [-0.2, -0.15) is 0 Å². The SMILES string of the molecule is CP(C)(C)=CP(C)(C)(C)F. The Morgan fingerprint density at radius 3 is 1.40 bits per heavy atom. The average Bonchev–Trinajstić information content (AvgIpc) is 1.09. The van der Waals surface area contributed by atoms with Gasteiger partial charge < -0.3 is 0 Å². The summed E-state index contributed by atoms with van der Waals surface area (Å²) in [5, 5.41) is 0. The molecule has 0 aliphatic carbocycles. The summed E-state index contributed by atoms with van der Waals surface area (Å²) < 4.78 is 13.7. The second kappa shape index (κ2) is 2.32. The van der Waals surface area contributed by atoms with Crippen molar-refractivity contribution in [3.05, 3.63) is 0 Å². The molecule has 10 heavy (non-hydrogen) atoms. The molecule has 0 nitrogen and oxygen atoms in total. The van der Waals surface area contributed by atoms with Crippen LogP contribution >= 0.6 is 13.8 Å². The van der Waals surface area contributed by atoms with Gasteiger partial charge in [0.1, 0.15) is 0 Å². The molecule has 0 saturated carbocycles. The third kappa shape index (κ3) is 8.66. The molecule has 0 fully saturated rings. The predicted molar refractivity (Wildman–Crippen MR) is 56.6 cm³/mol. The quantitative estimate of drug-likeness (QED) is 0.549. The third-order valence-electron chi connectivity index (χ3n) is 0.736. The summed E-state index contributed by atoms with van der Waals surface area (Å²) in [5.41, 5.74) is 1.97. The van der Waals surface area contributed by atoms with Crippen LogP contribution in [0.4, 0.5) is 4.20 Å². The van der Waals surface area contributed by atoms with E-state index in [1.54, 1.807) is 20.0 Å². The van der Waals surface area contributed by atoms with Gasteiger partial charge in [0, 0.05) is 0 Å². The van der Waals surface area contributed by atoms with Crippen molar-refractivity contribution in [1.82, 2.24) is 0 Å². The van der Waals surface area contributed by atoms with Crippen molar-refractivity contribution in [3.8, 4) is 0 Å². The molecular formula is C7H19FP2. The first-order valence-corrected chi connectivity index (χ1v) is 10.1. The Hall–Kier alpha value is 0.660. The number of hydrogen-bond acceptors (Lipinski definition) is 0. The van der Waals surface area contributed by atoms with Gasteiger partial charge in [0.05, 0.1) is 0 Å². The van der Waals surface area contributed by atoms with E-state index < -0.39 is 13.8 Å². The Bertz CT molecular complexity index is 162. The molecule has 0 N–H and O–H groups in total. The molecule has 0 rings (SSSR count). The van der Waals surface area contributed by atoms with E-state index in [0.29, 0.717) is 0 Å². The summed E-state index contributed by atoms with van der Waals surface area (Å²) in [7, 11) is 0. The van der Waals surface area contributed by atoms with Gasteiger partial charge in [0.2, 0.25) is 0 Å². The molecule has 0 unspecified atom stereocenters. The van der Waals surface area contributed by atoms with Crippen LogP contribution < -0.4 is 0 Å². The number of halogens is 1. The number of rotatable bonds is 1. The van der Waals surface area contributed by atoms with Gasteiger partial charge in [-0.3, -0.25) is 0 Å². The molecule has 64 valence electrons. The summed E-state index contributed by atoms with van der Waals surface area (Å²) in [4.78, 5) is 0. The Morgan fingerprint density at radius 1 is 1.10 bits per heavy atom. The molecule has 0 aromatic carbocycles. The van der Waals surface area contributed by atoms with Crippen molar-refractivity contribution in [3.63, 3.8) is 0 Å². The first kappa shape index (κ1) is 10.7. The molecule has 0 bridgehead atoms. The Balaban J connectivity index is 4.77. The van der Waals surface area contributed by atoms with Crippen LogP contribution in [0.1, 0.15) is 0 Å². The molecule has 0 aromatic rings. The predicted octanol–water partition coefficient (Wildman–Crippen LogP) is 2.98. The monoisotopic (exact) mass is 184 g/mol. The molecule has 0 spiro atoms. The van der Waals surface area contributed by atoms with E-state index in [2.05, 4.69) is 20.0 Å². The number of hydrogen-bond donors (Lipinski definition) is 0. The van der Waals surface area contributed by atoms with Crippen LogP contribution in [0.2, 0.25) is 0 Å². The van der Waals surface area contributed by atoms with Crippen molar-refractivity contribution >= 4 is 19.3 Å². The van der Waals surface area contributed by atoms with Crippen LogP contribution in [0, 0.1) is 0 Å². The van der Waals surface area contributed by atoms with Crippen LogP contribution in [0.25, 0.3) is 0 Å². The summed E-state index contributed by atoms with van der Waals surface area (Å²) in [6, 6.07) is 0. The summed E-state index contributed by atoms with van der Waals surface area (Å²) >= 11 is 0. The van der Waals surface area contributed by atoms with Crippen molar-refractivity contribution < 1.29 is 4.20 Å². The zero-order chi connectivity index (χ0) is 8.65. The molecule has 0 amide bonds. The topological polar surface area (TPSA) is 0 Å².